The molecule has 1 heterocycles. The van der Waals surface area contributed by atoms with Crippen molar-refractivity contribution in [3.8, 4) is 0 Å². The molecule has 0 fully saturated rings. The monoisotopic (exact) mass is 331 g/mol. The highest BCUT2D eigenvalue weighted by Gasteiger charge is 2.20. The fourth-order valence-corrected chi connectivity index (χ4v) is 2.83. The molecule has 0 saturated carbocycles. The Balaban J connectivity index is 1.88. The number of nitrogen functional groups attached to an aromatic ring is 1. The molecule has 23 heavy (non-hydrogen) atoms. The number of thiazole rings is 1. The summed E-state index contributed by atoms with van der Waals surface area (Å²) in [5.74, 6) is -1.47. The van der Waals surface area contributed by atoms with Crippen molar-refractivity contribution in [1.82, 2.24) is 4.98 Å². The summed E-state index contributed by atoms with van der Waals surface area (Å²) in [6, 6.07) is 11.3. The molecule has 0 spiro atoms. The molecule has 3 aromatic rings. The Hall–Kier alpha value is -2.80. The van der Waals surface area contributed by atoms with Gasteiger partial charge in [0.25, 0.3) is 0 Å². The first-order valence-electron chi connectivity index (χ1n) is 6.62. The van der Waals surface area contributed by atoms with Crippen LogP contribution in [0.5, 0.6) is 0 Å². The minimum Gasteiger partial charge on any atom is -0.382 e. The third-order valence-corrected chi connectivity index (χ3v) is 4.06. The topological polar surface area (TPSA) is 68.0 Å². The summed E-state index contributed by atoms with van der Waals surface area (Å²) in [5, 5.41) is 3.30. The number of aromatic nitrogens is 1. The molecule has 0 aliphatic rings. The number of rotatable bonds is 4. The van der Waals surface area contributed by atoms with Crippen LogP contribution in [0, 0.1) is 11.6 Å². The van der Waals surface area contributed by atoms with Crippen LogP contribution in [-0.4, -0.2) is 10.8 Å². The molecule has 1 aromatic heterocycles. The number of halogens is 2. The number of nitrogens with zero attached hydrogens (tertiary/aromatic N) is 1. The lowest BCUT2D eigenvalue weighted by Crippen LogP contribution is -2.04. The molecule has 3 N–H and O–H groups in total. The first-order valence-corrected chi connectivity index (χ1v) is 7.44. The van der Waals surface area contributed by atoms with Gasteiger partial charge in [0.05, 0.1) is 5.56 Å². The van der Waals surface area contributed by atoms with Crippen LogP contribution in [0.3, 0.4) is 0 Å². The van der Waals surface area contributed by atoms with E-state index in [-0.39, 0.29) is 22.1 Å². The molecule has 0 aliphatic heterocycles. The van der Waals surface area contributed by atoms with Crippen LogP contribution in [0.1, 0.15) is 15.2 Å². The lowest BCUT2D eigenvalue weighted by Gasteiger charge is -2.01. The molecule has 4 nitrogen and oxygen atoms in total. The van der Waals surface area contributed by atoms with E-state index in [1.165, 1.54) is 42.5 Å². The third kappa shape index (κ3) is 3.19. The predicted molar refractivity (Wildman–Crippen MR) is 86.0 cm³/mol. The summed E-state index contributed by atoms with van der Waals surface area (Å²) in [7, 11) is 0. The van der Waals surface area contributed by atoms with E-state index in [2.05, 4.69) is 10.3 Å². The molecule has 3 rings (SSSR count). The van der Waals surface area contributed by atoms with Gasteiger partial charge < -0.3 is 11.1 Å². The summed E-state index contributed by atoms with van der Waals surface area (Å²) in [4.78, 5) is 16.6. The number of hydrogen-bond donors (Lipinski definition) is 2. The molecule has 7 heteroatoms. The Kier molecular flexibility index (Phi) is 4.03. The van der Waals surface area contributed by atoms with Crippen LogP contribution in [-0.2, 0) is 0 Å². The SMILES string of the molecule is Nc1nc(Nc2ccc(F)cc2)sc1C(=O)c1ccccc1F. The van der Waals surface area contributed by atoms with Gasteiger partial charge >= 0.3 is 0 Å². The first kappa shape index (κ1) is 15.1. The van der Waals surface area contributed by atoms with Crippen molar-refractivity contribution in [2.75, 3.05) is 11.1 Å². The summed E-state index contributed by atoms with van der Waals surface area (Å²) in [6.07, 6.45) is 0. The highest BCUT2D eigenvalue weighted by atomic mass is 32.1. The highest BCUT2D eigenvalue weighted by Crippen LogP contribution is 2.30. The average Bonchev–Trinajstić information content (AvgIpc) is 2.90. The maximum Gasteiger partial charge on any atom is 0.209 e. The molecule has 2 aromatic carbocycles. The van der Waals surface area contributed by atoms with Gasteiger partial charge in [-0.2, -0.15) is 0 Å². The van der Waals surface area contributed by atoms with Gasteiger partial charge in [0, 0.05) is 5.69 Å². The average molecular weight is 331 g/mol. The minimum absolute atomic E-state index is 0.0212. The summed E-state index contributed by atoms with van der Waals surface area (Å²) >= 11 is 1.01. The van der Waals surface area contributed by atoms with Crippen molar-refractivity contribution in [3.63, 3.8) is 0 Å². The fraction of sp³-hybridized carbons (Fsp3) is 0. The molecular formula is C16H11F2N3OS. The molecule has 0 saturated heterocycles. The van der Waals surface area contributed by atoms with Crippen molar-refractivity contribution in [2.45, 2.75) is 0 Å². The Bertz CT molecular complexity index is 862. The van der Waals surface area contributed by atoms with Gasteiger partial charge in [-0.05, 0) is 36.4 Å². The van der Waals surface area contributed by atoms with E-state index in [1.807, 2.05) is 0 Å². The zero-order chi connectivity index (χ0) is 16.4. The van der Waals surface area contributed by atoms with Crippen molar-refractivity contribution in [1.29, 1.82) is 0 Å². The van der Waals surface area contributed by atoms with Gasteiger partial charge in [0.2, 0.25) is 5.78 Å². The Morgan fingerprint density at radius 3 is 2.48 bits per heavy atom. The summed E-state index contributed by atoms with van der Waals surface area (Å²) in [5.41, 5.74) is 6.31. The first-order chi connectivity index (χ1) is 11.0. The van der Waals surface area contributed by atoms with Gasteiger partial charge in [0.15, 0.2) is 5.13 Å². The van der Waals surface area contributed by atoms with Gasteiger partial charge in [-0.1, -0.05) is 23.5 Å². The maximum atomic E-state index is 13.7. The van der Waals surface area contributed by atoms with Crippen LogP contribution < -0.4 is 11.1 Å². The quantitative estimate of drug-likeness (QED) is 0.710. The fourth-order valence-electron chi connectivity index (χ4n) is 1.97. The lowest BCUT2D eigenvalue weighted by molar-refractivity contribution is 0.103. The van der Waals surface area contributed by atoms with Gasteiger partial charge in [-0.15, -0.1) is 0 Å². The Labute approximate surface area is 134 Å². The van der Waals surface area contributed by atoms with Crippen LogP contribution in [0.4, 0.5) is 25.4 Å². The Morgan fingerprint density at radius 2 is 1.78 bits per heavy atom. The van der Waals surface area contributed by atoms with E-state index in [9.17, 15) is 13.6 Å². The van der Waals surface area contributed by atoms with E-state index >= 15 is 0 Å². The number of nitrogens with two attached hydrogens (primary N) is 1. The summed E-state index contributed by atoms with van der Waals surface area (Å²) < 4.78 is 26.6. The highest BCUT2D eigenvalue weighted by molar-refractivity contribution is 7.18. The molecule has 116 valence electrons. The molecular weight excluding hydrogens is 320 g/mol. The second-order valence-corrected chi connectivity index (χ2v) is 5.67. The molecule has 0 aliphatic carbocycles. The molecule has 0 unspecified atom stereocenters. The number of nitrogens with one attached hydrogen (secondary N) is 1. The smallest absolute Gasteiger partial charge is 0.209 e. The summed E-state index contributed by atoms with van der Waals surface area (Å²) in [6.45, 7) is 0. The maximum absolute atomic E-state index is 13.7. The number of anilines is 3. The lowest BCUT2D eigenvalue weighted by atomic mass is 10.1. The second kappa shape index (κ2) is 6.13. The molecule has 0 radical (unpaired) electrons. The predicted octanol–water partition coefficient (Wildman–Crippen LogP) is 3.98. The molecule has 0 bridgehead atoms. The van der Waals surface area contributed by atoms with Crippen LogP contribution >= 0.6 is 11.3 Å². The van der Waals surface area contributed by atoms with E-state index in [1.54, 1.807) is 6.07 Å². The number of carbonyl (C=O) groups excluding carboxylic acids is 1. The number of benzene rings is 2. The Morgan fingerprint density at radius 1 is 1.09 bits per heavy atom. The van der Waals surface area contributed by atoms with Crippen LogP contribution in [0.15, 0.2) is 48.5 Å². The van der Waals surface area contributed by atoms with E-state index in [0.29, 0.717) is 10.8 Å². The van der Waals surface area contributed by atoms with Gasteiger partial charge in [-0.3, -0.25) is 4.79 Å². The van der Waals surface area contributed by atoms with Gasteiger partial charge in [0.1, 0.15) is 22.3 Å². The van der Waals surface area contributed by atoms with Crippen molar-refractivity contribution >= 4 is 33.8 Å². The zero-order valence-corrected chi connectivity index (χ0v) is 12.5. The van der Waals surface area contributed by atoms with E-state index in [0.717, 1.165) is 11.3 Å². The van der Waals surface area contributed by atoms with Crippen LogP contribution in [0.2, 0.25) is 0 Å². The van der Waals surface area contributed by atoms with E-state index < -0.39 is 11.6 Å². The molecule has 0 amide bonds. The van der Waals surface area contributed by atoms with Gasteiger partial charge in [-0.25, -0.2) is 13.8 Å². The van der Waals surface area contributed by atoms with Crippen molar-refractivity contribution in [3.05, 3.63) is 70.6 Å². The second-order valence-electron chi connectivity index (χ2n) is 4.67. The standard InChI is InChI=1S/C16H11F2N3OS/c17-9-5-7-10(8-6-9)20-16-21-15(19)14(23-16)13(22)11-3-1-2-4-12(11)18/h1-8H,19H2,(H,20,21). The van der Waals surface area contributed by atoms with Crippen molar-refractivity contribution < 1.29 is 13.6 Å². The zero-order valence-electron chi connectivity index (χ0n) is 11.7. The number of hydrogen-bond acceptors (Lipinski definition) is 5. The largest absolute Gasteiger partial charge is 0.382 e. The third-order valence-electron chi connectivity index (χ3n) is 3.07. The van der Waals surface area contributed by atoms with E-state index in [4.69, 9.17) is 5.73 Å². The molecule has 0 atom stereocenters. The van der Waals surface area contributed by atoms with Crippen LogP contribution in [0.25, 0.3) is 0 Å². The number of carbonyl (C=O) groups is 1. The van der Waals surface area contributed by atoms with Crippen molar-refractivity contribution in [2.24, 2.45) is 0 Å². The number of ketones is 1. The minimum atomic E-state index is -0.613. The normalized spacial score (nSPS) is 10.5.